The third kappa shape index (κ3) is 1.56. The largest absolute Gasteiger partial charge is 0.482 e. The van der Waals surface area contributed by atoms with Gasteiger partial charge in [0, 0.05) is 5.56 Å². The van der Waals surface area contributed by atoms with Crippen molar-refractivity contribution in [3.05, 3.63) is 23.8 Å². The molecule has 0 fully saturated rings. The highest BCUT2D eigenvalue weighted by Gasteiger charge is 2.16. The zero-order valence-corrected chi connectivity index (χ0v) is 7.80. The van der Waals surface area contributed by atoms with E-state index in [1.807, 2.05) is 0 Å². The van der Waals surface area contributed by atoms with E-state index in [1.165, 1.54) is 6.07 Å². The SMILES string of the molecule is O=C1COc2ccc(C(=O)Cl)cc2N1. The van der Waals surface area contributed by atoms with Crippen LogP contribution in [0.3, 0.4) is 0 Å². The van der Waals surface area contributed by atoms with Gasteiger partial charge in [-0.15, -0.1) is 0 Å². The van der Waals surface area contributed by atoms with Gasteiger partial charge in [-0.25, -0.2) is 0 Å². The first-order valence-electron chi connectivity index (χ1n) is 3.93. The lowest BCUT2D eigenvalue weighted by atomic mass is 10.2. The lowest BCUT2D eigenvalue weighted by molar-refractivity contribution is -0.118. The maximum absolute atomic E-state index is 11.0. The van der Waals surface area contributed by atoms with Gasteiger partial charge < -0.3 is 10.1 Å². The maximum Gasteiger partial charge on any atom is 0.262 e. The fraction of sp³-hybridized carbons (Fsp3) is 0.111. The summed E-state index contributed by atoms with van der Waals surface area (Å²) in [6.45, 7) is 0.00116. The summed E-state index contributed by atoms with van der Waals surface area (Å²) >= 11 is 5.29. The molecule has 1 aromatic rings. The molecule has 0 aliphatic carbocycles. The van der Waals surface area contributed by atoms with Gasteiger partial charge in [0.25, 0.3) is 11.1 Å². The number of amides is 1. The number of carbonyl (C=O) groups excluding carboxylic acids is 2. The molecule has 0 unspecified atom stereocenters. The van der Waals surface area contributed by atoms with Crippen molar-refractivity contribution in [2.75, 3.05) is 11.9 Å². The van der Waals surface area contributed by atoms with Gasteiger partial charge in [0.05, 0.1) is 5.69 Å². The van der Waals surface area contributed by atoms with E-state index in [2.05, 4.69) is 5.32 Å². The number of nitrogens with one attached hydrogen (secondary N) is 1. The molecular formula is C9H6ClNO3. The second kappa shape index (κ2) is 3.31. The van der Waals surface area contributed by atoms with E-state index in [0.29, 0.717) is 17.0 Å². The highest BCUT2D eigenvalue weighted by atomic mass is 35.5. The molecule has 0 aromatic heterocycles. The lowest BCUT2D eigenvalue weighted by Gasteiger charge is -2.17. The average molecular weight is 212 g/mol. The molecule has 4 nitrogen and oxygen atoms in total. The Morgan fingerprint density at radius 1 is 1.50 bits per heavy atom. The van der Waals surface area contributed by atoms with Crippen LogP contribution in [0.4, 0.5) is 5.69 Å². The van der Waals surface area contributed by atoms with Gasteiger partial charge in [0.15, 0.2) is 6.61 Å². The zero-order chi connectivity index (χ0) is 10.1. The van der Waals surface area contributed by atoms with E-state index >= 15 is 0 Å². The second-order valence-corrected chi connectivity index (χ2v) is 3.16. The molecule has 0 saturated carbocycles. The molecule has 5 heteroatoms. The number of anilines is 1. The molecule has 72 valence electrons. The highest BCUT2D eigenvalue weighted by Crippen LogP contribution is 2.28. The van der Waals surface area contributed by atoms with Crippen molar-refractivity contribution in [1.29, 1.82) is 0 Å². The second-order valence-electron chi connectivity index (χ2n) is 2.82. The monoisotopic (exact) mass is 211 g/mol. The van der Waals surface area contributed by atoms with E-state index < -0.39 is 5.24 Å². The van der Waals surface area contributed by atoms with Crippen molar-refractivity contribution < 1.29 is 14.3 Å². The summed E-state index contributed by atoms with van der Waals surface area (Å²) in [5, 5.41) is 2.02. The Kier molecular flexibility index (Phi) is 2.13. The van der Waals surface area contributed by atoms with Crippen LogP contribution in [0.25, 0.3) is 0 Å². The number of hydrogen-bond donors (Lipinski definition) is 1. The minimum absolute atomic E-state index is 0.00116. The Morgan fingerprint density at radius 2 is 2.29 bits per heavy atom. The number of hydrogen-bond acceptors (Lipinski definition) is 3. The first-order valence-corrected chi connectivity index (χ1v) is 4.31. The minimum Gasteiger partial charge on any atom is -0.482 e. The molecule has 0 radical (unpaired) electrons. The van der Waals surface area contributed by atoms with E-state index in [1.54, 1.807) is 12.1 Å². The summed E-state index contributed by atoms with van der Waals surface area (Å²) in [5.41, 5.74) is 0.809. The normalized spacial score (nSPS) is 13.9. The Bertz CT molecular complexity index is 417. The van der Waals surface area contributed by atoms with Crippen LogP contribution >= 0.6 is 11.6 Å². The average Bonchev–Trinajstić information content (AvgIpc) is 2.16. The maximum atomic E-state index is 11.0. The van der Waals surface area contributed by atoms with Gasteiger partial charge in [0.2, 0.25) is 0 Å². The lowest BCUT2D eigenvalue weighted by Crippen LogP contribution is -2.25. The molecule has 1 N–H and O–H groups in total. The molecule has 1 amide bonds. The molecule has 1 aliphatic rings. The molecular weight excluding hydrogens is 206 g/mol. The molecule has 14 heavy (non-hydrogen) atoms. The predicted molar refractivity (Wildman–Crippen MR) is 50.8 cm³/mol. The molecule has 1 aliphatic heterocycles. The first-order chi connectivity index (χ1) is 6.66. The van der Waals surface area contributed by atoms with E-state index in [4.69, 9.17) is 16.3 Å². The number of benzene rings is 1. The fourth-order valence-electron chi connectivity index (χ4n) is 1.21. The summed E-state index contributed by atoms with van der Waals surface area (Å²) in [5.74, 6) is 0.308. The van der Waals surface area contributed by atoms with Gasteiger partial charge in [-0.05, 0) is 29.8 Å². The molecule has 1 heterocycles. The van der Waals surface area contributed by atoms with Crippen molar-refractivity contribution in [3.63, 3.8) is 0 Å². The summed E-state index contributed by atoms with van der Waals surface area (Å²) < 4.78 is 5.10. The first kappa shape index (κ1) is 9.02. The Labute approximate surface area is 84.8 Å². The number of ether oxygens (including phenoxy) is 1. The van der Waals surface area contributed by atoms with Crippen LogP contribution < -0.4 is 10.1 Å². The van der Waals surface area contributed by atoms with Crippen LogP contribution in [0.1, 0.15) is 10.4 Å². The van der Waals surface area contributed by atoms with Crippen molar-refractivity contribution in [1.82, 2.24) is 0 Å². The van der Waals surface area contributed by atoms with E-state index in [9.17, 15) is 9.59 Å². The van der Waals surface area contributed by atoms with Gasteiger partial charge in [0.1, 0.15) is 5.75 Å². The summed E-state index contributed by atoms with van der Waals surface area (Å²) in [6.07, 6.45) is 0. The summed E-state index contributed by atoms with van der Waals surface area (Å²) in [4.78, 5) is 21.8. The van der Waals surface area contributed by atoms with Crippen LogP contribution in [0.15, 0.2) is 18.2 Å². The number of rotatable bonds is 1. The van der Waals surface area contributed by atoms with Crippen molar-refractivity contribution in [2.24, 2.45) is 0 Å². The number of halogens is 1. The smallest absolute Gasteiger partial charge is 0.262 e. The predicted octanol–water partition coefficient (Wildman–Crippen LogP) is 1.40. The molecule has 1 aromatic carbocycles. The number of fused-ring (bicyclic) bond motifs is 1. The molecule has 0 saturated heterocycles. The Balaban J connectivity index is 2.42. The quantitative estimate of drug-likeness (QED) is 0.715. The standard InChI is InChI=1S/C9H6ClNO3/c10-9(13)5-1-2-7-6(3-5)11-8(12)4-14-7/h1-3H,4H2,(H,11,12). The highest BCUT2D eigenvalue weighted by molar-refractivity contribution is 6.67. The van der Waals surface area contributed by atoms with Crippen molar-refractivity contribution in [2.45, 2.75) is 0 Å². The minimum atomic E-state index is -0.562. The van der Waals surface area contributed by atoms with E-state index in [-0.39, 0.29) is 12.5 Å². The van der Waals surface area contributed by atoms with Gasteiger partial charge in [-0.1, -0.05) is 0 Å². The summed E-state index contributed by atoms with van der Waals surface area (Å²) in [6, 6.07) is 4.64. The zero-order valence-electron chi connectivity index (χ0n) is 7.04. The fourth-order valence-corrected chi connectivity index (χ4v) is 1.32. The van der Waals surface area contributed by atoms with Crippen LogP contribution in [-0.2, 0) is 4.79 Å². The Morgan fingerprint density at radius 3 is 3.00 bits per heavy atom. The van der Waals surface area contributed by atoms with Crippen molar-refractivity contribution in [3.8, 4) is 5.75 Å². The third-order valence-electron chi connectivity index (χ3n) is 1.84. The van der Waals surface area contributed by atoms with Crippen LogP contribution in [0.2, 0.25) is 0 Å². The van der Waals surface area contributed by atoms with Crippen LogP contribution in [-0.4, -0.2) is 17.8 Å². The van der Waals surface area contributed by atoms with Gasteiger partial charge >= 0.3 is 0 Å². The van der Waals surface area contributed by atoms with Crippen molar-refractivity contribution >= 4 is 28.4 Å². The molecule has 2 rings (SSSR count). The molecule has 0 spiro atoms. The molecule has 0 bridgehead atoms. The number of carbonyl (C=O) groups is 2. The Hall–Kier alpha value is -1.55. The van der Waals surface area contributed by atoms with Gasteiger partial charge in [-0.2, -0.15) is 0 Å². The van der Waals surface area contributed by atoms with Gasteiger partial charge in [-0.3, -0.25) is 9.59 Å². The van der Waals surface area contributed by atoms with Crippen LogP contribution in [0, 0.1) is 0 Å². The topological polar surface area (TPSA) is 55.4 Å². The van der Waals surface area contributed by atoms with Crippen LogP contribution in [0.5, 0.6) is 5.75 Å². The molecule has 0 atom stereocenters. The summed E-state index contributed by atoms with van der Waals surface area (Å²) in [7, 11) is 0. The van der Waals surface area contributed by atoms with E-state index in [0.717, 1.165) is 0 Å². The third-order valence-corrected chi connectivity index (χ3v) is 2.06.